The first-order valence-corrected chi connectivity index (χ1v) is 10.4. The molecule has 0 unspecified atom stereocenters. The normalized spacial score (nSPS) is 17.0. The van der Waals surface area contributed by atoms with E-state index in [1.54, 1.807) is 7.05 Å². The Bertz CT molecular complexity index is 1130. The summed E-state index contributed by atoms with van der Waals surface area (Å²) >= 11 is 0. The van der Waals surface area contributed by atoms with Gasteiger partial charge in [-0.2, -0.15) is 4.98 Å². The van der Waals surface area contributed by atoms with Crippen LogP contribution in [0.2, 0.25) is 0 Å². The fourth-order valence-electron chi connectivity index (χ4n) is 4.38. The summed E-state index contributed by atoms with van der Waals surface area (Å²) in [6, 6.07) is 0.271. The number of hydrogen-bond acceptors (Lipinski definition) is 4. The maximum absolute atomic E-state index is 13.3. The molecule has 3 aromatic heterocycles. The number of rotatable bonds is 5. The Kier molecular flexibility index (Phi) is 4.91. The molecule has 1 aliphatic rings. The summed E-state index contributed by atoms with van der Waals surface area (Å²) in [6.45, 7) is 9.55. The maximum Gasteiger partial charge on any atom is 0.332 e. The number of aryl methyl sites for hydroxylation is 2. The third kappa shape index (κ3) is 2.90. The highest BCUT2D eigenvalue weighted by molar-refractivity contribution is 5.75. The van der Waals surface area contributed by atoms with Crippen molar-refractivity contribution in [2.24, 2.45) is 7.05 Å². The van der Waals surface area contributed by atoms with Crippen molar-refractivity contribution in [3.8, 4) is 0 Å². The van der Waals surface area contributed by atoms with E-state index in [1.807, 2.05) is 17.5 Å². The molecule has 4 heterocycles. The van der Waals surface area contributed by atoms with Gasteiger partial charge in [0, 0.05) is 38.1 Å². The van der Waals surface area contributed by atoms with Gasteiger partial charge in [0.15, 0.2) is 11.2 Å². The van der Waals surface area contributed by atoms with Gasteiger partial charge in [-0.3, -0.25) is 18.3 Å². The van der Waals surface area contributed by atoms with Crippen LogP contribution in [0.1, 0.15) is 51.3 Å². The van der Waals surface area contributed by atoms with E-state index < -0.39 is 0 Å². The van der Waals surface area contributed by atoms with Gasteiger partial charge >= 0.3 is 5.69 Å². The Labute approximate surface area is 164 Å². The van der Waals surface area contributed by atoms with Crippen LogP contribution in [0.5, 0.6) is 0 Å². The van der Waals surface area contributed by atoms with Gasteiger partial charge in [-0.15, -0.1) is 0 Å². The van der Waals surface area contributed by atoms with Gasteiger partial charge < -0.3 is 9.47 Å². The number of nitrogens with zero attached hydrogens (tertiary/aromatic N) is 6. The summed E-state index contributed by atoms with van der Waals surface area (Å²) in [5.74, 6) is 0.725. The van der Waals surface area contributed by atoms with Crippen molar-refractivity contribution in [1.29, 1.82) is 0 Å². The third-order valence-electron chi connectivity index (χ3n) is 6.19. The van der Waals surface area contributed by atoms with E-state index in [9.17, 15) is 9.59 Å². The zero-order valence-corrected chi connectivity index (χ0v) is 17.3. The van der Waals surface area contributed by atoms with Crippen LogP contribution in [0.25, 0.3) is 16.9 Å². The Morgan fingerprint density at radius 1 is 1.14 bits per heavy atom. The Morgan fingerprint density at radius 2 is 1.86 bits per heavy atom. The molecule has 1 aliphatic heterocycles. The minimum absolute atomic E-state index is 0.246. The first kappa shape index (κ1) is 19.0. The van der Waals surface area contributed by atoms with Crippen LogP contribution in [-0.4, -0.2) is 47.6 Å². The zero-order valence-electron chi connectivity index (χ0n) is 17.3. The molecule has 1 fully saturated rings. The molecular formula is C20H30N6O2. The Morgan fingerprint density at radius 3 is 2.54 bits per heavy atom. The first-order valence-electron chi connectivity index (χ1n) is 10.4. The molecule has 152 valence electrons. The van der Waals surface area contributed by atoms with Crippen molar-refractivity contribution >= 4 is 16.9 Å². The lowest BCUT2D eigenvalue weighted by Crippen LogP contribution is -2.43. The lowest BCUT2D eigenvalue weighted by Gasteiger charge is -2.26. The molecule has 3 aromatic rings. The molecule has 0 saturated carbocycles. The van der Waals surface area contributed by atoms with Crippen LogP contribution < -0.4 is 11.2 Å². The van der Waals surface area contributed by atoms with Crippen molar-refractivity contribution in [2.75, 3.05) is 19.6 Å². The van der Waals surface area contributed by atoms with Gasteiger partial charge in [0.05, 0.1) is 0 Å². The van der Waals surface area contributed by atoms with E-state index in [0.717, 1.165) is 37.5 Å². The largest absolute Gasteiger partial charge is 0.332 e. The second-order valence-corrected chi connectivity index (χ2v) is 8.05. The number of aromatic nitrogens is 5. The quantitative estimate of drug-likeness (QED) is 0.672. The third-order valence-corrected chi connectivity index (χ3v) is 6.19. The van der Waals surface area contributed by atoms with Crippen molar-refractivity contribution < 1.29 is 0 Å². The first-order chi connectivity index (χ1) is 13.4. The molecule has 0 amide bonds. The summed E-state index contributed by atoms with van der Waals surface area (Å²) in [6.07, 6.45) is 6.57. The molecular weight excluding hydrogens is 356 g/mol. The Hall–Kier alpha value is -2.35. The van der Waals surface area contributed by atoms with Crippen LogP contribution in [0, 0.1) is 6.92 Å². The average Bonchev–Trinajstić information content (AvgIpc) is 3.21. The number of hydrogen-bond donors (Lipinski definition) is 0. The topological polar surface area (TPSA) is 69.5 Å². The van der Waals surface area contributed by atoms with E-state index in [-0.39, 0.29) is 17.3 Å². The molecule has 0 N–H and O–H groups in total. The molecule has 1 saturated heterocycles. The molecule has 0 aliphatic carbocycles. The summed E-state index contributed by atoms with van der Waals surface area (Å²) in [5, 5.41) is 0. The molecule has 0 radical (unpaired) electrons. The minimum atomic E-state index is -0.290. The highest BCUT2D eigenvalue weighted by Crippen LogP contribution is 2.22. The van der Waals surface area contributed by atoms with Gasteiger partial charge in [-0.1, -0.05) is 13.3 Å². The Balaban J connectivity index is 1.85. The molecule has 4 rings (SSSR count). The van der Waals surface area contributed by atoms with Crippen molar-refractivity contribution in [3.05, 3.63) is 32.7 Å². The van der Waals surface area contributed by atoms with E-state index in [1.165, 1.54) is 28.4 Å². The number of piperidine rings is 1. The molecule has 0 bridgehead atoms. The summed E-state index contributed by atoms with van der Waals surface area (Å²) in [5.41, 5.74) is 1.47. The molecule has 0 aromatic carbocycles. The van der Waals surface area contributed by atoms with Crippen molar-refractivity contribution in [3.63, 3.8) is 0 Å². The maximum atomic E-state index is 13.3. The fraction of sp³-hybridized carbons (Fsp3) is 0.650. The van der Waals surface area contributed by atoms with Crippen LogP contribution in [0.3, 0.4) is 0 Å². The monoisotopic (exact) mass is 386 g/mol. The molecule has 8 nitrogen and oxygen atoms in total. The van der Waals surface area contributed by atoms with Crippen molar-refractivity contribution in [1.82, 2.24) is 28.0 Å². The fourth-order valence-corrected chi connectivity index (χ4v) is 4.38. The summed E-state index contributed by atoms with van der Waals surface area (Å²) in [4.78, 5) is 33.2. The standard InChI is InChI=1S/C20H30N6O2/c1-5-14(2)26-15(3)13-25-16-17(21-19(25)26)22(4)20(28)24(18(16)27)12-11-23-9-7-6-8-10-23/h13-14H,5-12H2,1-4H3/t14-/m1/s1. The van der Waals surface area contributed by atoms with Gasteiger partial charge in [0.25, 0.3) is 5.56 Å². The number of likely N-dealkylation sites (tertiary alicyclic amines) is 1. The number of imidazole rings is 2. The van der Waals surface area contributed by atoms with Crippen molar-refractivity contribution in [2.45, 2.75) is 59.0 Å². The summed E-state index contributed by atoms with van der Waals surface area (Å²) in [7, 11) is 1.70. The van der Waals surface area contributed by atoms with E-state index in [4.69, 9.17) is 0 Å². The van der Waals surface area contributed by atoms with Gasteiger partial charge in [-0.05, 0) is 46.2 Å². The molecule has 0 spiro atoms. The lowest BCUT2D eigenvalue weighted by atomic mass is 10.1. The average molecular weight is 387 g/mol. The molecule has 1 atom stereocenters. The zero-order chi connectivity index (χ0) is 20.0. The van der Waals surface area contributed by atoms with E-state index in [0.29, 0.717) is 17.7 Å². The minimum Gasteiger partial charge on any atom is -0.311 e. The van der Waals surface area contributed by atoms with E-state index in [2.05, 4.69) is 28.3 Å². The predicted molar refractivity (Wildman–Crippen MR) is 110 cm³/mol. The smallest absolute Gasteiger partial charge is 0.311 e. The van der Waals surface area contributed by atoms with Gasteiger partial charge in [0.2, 0.25) is 5.78 Å². The van der Waals surface area contributed by atoms with Crippen LogP contribution in [-0.2, 0) is 13.6 Å². The van der Waals surface area contributed by atoms with E-state index >= 15 is 0 Å². The highest BCUT2D eigenvalue weighted by atomic mass is 16.2. The predicted octanol–water partition coefficient (Wildman–Crippen LogP) is 1.91. The highest BCUT2D eigenvalue weighted by Gasteiger charge is 2.22. The molecule has 8 heteroatoms. The number of fused-ring (bicyclic) bond motifs is 3. The van der Waals surface area contributed by atoms with Crippen LogP contribution >= 0.6 is 0 Å². The summed E-state index contributed by atoms with van der Waals surface area (Å²) < 4.78 is 6.88. The van der Waals surface area contributed by atoms with Crippen LogP contribution in [0.4, 0.5) is 0 Å². The second kappa shape index (κ2) is 7.24. The lowest BCUT2D eigenvalue weighted by molar-refractivity contribution is 0.218. The van der Waals surface area contributed by atoms with Gasteiger partial charge in [0.1, 0.15) is 0 Å². The molecule has 28 heavy (non-hydrogen) atoms. The second-order valence-electron chi connectivity index (χ2n) is 8.05. The van der Waals surface area contributed by atoms with Gasteiger partial charge in [-0.25, -0.2) is 4.79 Å². The SMILES string of the molecule is CC[C@@H](C)n1c(C)cn2c3c(=O)n(CCN4CCCCC4)c(=O)n(C)c3nc12. The van der Waals surface area contributed by atoms with Crippen LogP contribution in [0.15, 0.2) is 15.8 Å².